The Bertz CT molecular complexity index is 876. The van der Waals surface area contributed by atoms with Gasteiger partial charge >= 0.3 is 0 Å². The normalized spacial score (nSPS) is 19.2. The molecule has 168 valence electrons. The molecule has 1 saturated carbocycles. The highest BCUT2D eigenvalue weighted by Gasteiger charge is 2.34. The molecule has 0 unspecified atom stereocenters. The molecule has 1 aliphatic carbocycles. The second kappa shape index (κ2) is 10.0. The van der Waals surface area contributed by atoms with E-state index in [-0.39, 0.29) is 11.9 Å². The van der Waals surface area contributed by atoms with Gasteiger partial charge < -0.3 is 19.5 Å². The minimum Gasteiger partial charge on any atom is -0.497 e. The third-order valence-electron chi connectivity index (χ3n) is 5.96. The van der Waals surface area contributed by atoms with Gasteiger partial charge in [-0.3, -0.25) is 9.69 Å². The van der Waals surface area contributed by atoms with Gasteiger partial charge in [0.2, 0.25) is 5.91 Å². The van der Waals surface area contributed by atoms with Crippen LogP contribution in [0.25, 0.3) is 0 Å². The summed E-state index contributed by atoms with van der Waals surface area (Å²) in [6, 6.07) is 9.58. The third-order valence-corrected chi connectivity index (χ3v) is 6.96. The highest BCUT2D eigenvalue weighted by molar-refractivity contribution is 7.10. The van der Waals surface area contributed by atoms with E-state index in [1.165, 1.54) is 23.3 Å². The van der Waals surface area contributed by atoms with Crippen LogP contribution in [0.4, 0.5) is 0 Å². The monoisotopic (exact) mass is 444 g/mol. The van der Waals surface area contributed by atoms with Crippen molar-refractivity contribution < 1.29 is 19.4 Å². The molecular formula is C24H32N2O4S. The summed E-state index contributed by atoms with van der Waals surface area (Å²) in [7, 11) is 1.64. The van der Waals surface area contributed by atoms with Gasteiger partial charge in [-0.15, -0.1) is 11.3 Å². The molecule has 0 bridgehead atoms. The summed E-state index contributed by atoms with van der Waals surface area (Å²) < 4.78 is 11.4. The SMILES string of the molecule is COc1cccc(OC[C@H]2c3ccsc3CCN2C(=O)CN(CC2CC2)C[C@H](C)O)c1. The van der Waals surface area contributed by atoms with Crippen molar-refractivity contribution in [2.75, 3.05) is 39.9 Å². The number of thiophene rings is 1. The third kappa shape index (κ3) is 5.79. The number of ether oxygens (including phenoxy) is 2. The van der Waals surface area contributed by atoms with Gasteiger partial charge in [-0.25, -0.2) is 0 Å². The van der Waals surface area contributed by atoms with Crippen molar-refractivity contribution in [2.45, 2.75) is 38.3 Å². The van der Waals surface area contributed by atoms with Crippen molar-refractivity contribution in [3.63, 3.8) is 0 Å². The molecule has 1 aromatic carbocycles. The number of hydrogen-bond donors (Lipinski definition) is 1. The van der Waals surface area contributed by atoms with Gasteiger partial charge in [-0.1, -0.05) is 6.07 Å². The van der Waals surface area contributed by atoms with Crippen LogP contribution in [0, 0.1) is 5.92 Å². The lowest BCUT2D eigenvalue weighted by atomic mass is 10.0. The molecule has 0 saturated heterocycles. The Hall–Kier alpha value is -2.09. The predicted molar refractivity (Wildman–Crippen MR) is 122 cm³/mol. The van der Waals surface area contributed by atoms with Gasteiger partial charge in [0.05, 0.1) is 25.8 Å². The average molecular weight is 445 g/mol. The minimum absolute atomic E-state index is 0.108. The Morgan fingerprint density at radius 3 is 2.87 bits per heavy atom. The van der Waals surface area contributed by atoms with Gasteiger partial charge in [0.15, 0.2) is 0 Å². The molecule has 1 amide bonds. The number of carbonyl (C=O) groups excluding carboxylic acids is 1. The lowest BCUT2D eigenvalue weighted by molar-refractivity contribution is -0.136. The molecule has 2 aromatic rings. The van der Waals surface area contributed by atoms with E-state index < -0.39 is 6.10 Å². The highest BCUT2D eigenvalue weighted by Crippen LogP contribution is 2.35. The van der Waals surface area contributed by atoms with Crippen LogP contribution in [0.2, 0.25) is 0 Å². The van der Waals surface area contributed by atoms with Crippen molar-refractivity contribution in [2.24, 2.45) is 5.92 Å². The smallest absolute Gasteiger partial charge is 0.237 e. The Labute approximate surface area is 188 Å². The topological polar surface area (TPSA) is 62.2 Å². The molecule has 2 aliphatic rings. The highest BCUT2D eigenvalue weighted by atomic mass is 32.1. The van der Waals surface area contributed by atoms with E-state index >= 15 is 0 Å². The number of nitrogens with zero attached hydrogens (tertiary/aromatic N) is 2. The second-order valence-electron chi connectivity index (χ2n) is 8.63. The number of carbonyl (C=O) groups is 1. The number of aliphatic hydroxyl groups is 1. The quantitative estimate of drug-likeness (QED) is 0.609. The number of rotatable bonds is 10. The van der Waals surface area contributed by atoms with Crippen LogP contribution in [-0.2, 0) is 11.2 Å². The zero-order valence-corrected chi connectivity index (χ0v) is 19.1. The van der Waals surface area contributed by atoms with Crippen molar-refractivity contribution >= 4 is 17.2 Å². The van der Waals surface area contributed by atoms with Gasteiger partial charge in [-0.2, -0.15) is 0 Å². The van der Waals surface area contributed by atoms with Crippen LogP contribution in [-0.4, -0.2) is 66.8 Å². The molecule has 31 heavy (non-hydrogen) atoms. The number of aliphatic hydroxyl groups excluding tert-OH is 1. The summed E-state index contributed by atoms with van der Waals surface area (Å²) >= 11 is 1.75. The molecule has 1 aliphatic heterocycles. The first-order valence-corrected chi connectivity index (χ1v) is 11.9. The number of amides is 1. The minimum atomic E-state index is -0.441. The number of methoxy groups -OCH3 is 1. The number of benzene rings is 1. The van der Waals surface area contributed by atoms with E-state index in [1.807, 2.05) is 29.2 Å². The van der Waals surface area contributed by atoms with Gasteiger partial charge in [0.1, 0.15) is 18.1 Å². The van der Waals surface area contributed by atoms with E-state index in [0.29, 0.717) is 32.2 Å². The molecule has 2 heterocycles. The molecule has 4 rings (SSSR count). The fraction of sp³-hybridized carbons (Fsp3) is 0.542. The molecule has 6 nitrogen and oxygen atoms in total. The van der Waals surface area contributed by atoms with Crippen molar-refractivity contribution in [3.8, 4) is 11.5 Å². The first-order chi connectivity index (χ1) is 15.0. The Morgan fingerprint density at radius 1 is 1.32 bits per heavy atom. The largest absolute Gasteiger partial charge is 0.497 e. The fourth-order valence-corrected chi connectivity index (χ4v) is 5.19. The van der Waals surface area contributed by atoms with Crippen LogP contribution < -0.4 is 9.47 Å². The first kappa shape index (κ1) is 22.1. The van der Waals surface area contributed by atoms with Crippen molar-refractivity contribution in [1.29, 1.82) is 0 Å². The summed E-state index contributed by atoms with van der Waals surface area (Å²) in [5.41, 5.74) is 1.19. The Balaban J connectivity index is 1.47. The van der Waals surface area contributed by atoms with E-state index in [9.17, 15) is 9.90 Å². The van der Waals surface area contributed by atoms with Crippen LogP contribution >= 0.6 is 11.3 Å². The Kier molecular flexibility index (Phi) is 7.15. The lowest BCUT2D eigenvalue weighted by Crippen LogP contribution is -2.48. The van der Waals surface area contributed by atoms with Crippen LogP contribution in [0.15, 0.2) is 35.7 Å². The lowest BCUT2D eigenvalue weighted by Gasteiger charge is -2.37. The molecule has 2 atom stereocenters. The van der Waals surface area contributed by atoms with Gasteiger partial charge in [0, 0.05) is 30.6 Å². The first-order valence-electron chi connectivity index (χ1n) is 11.1. The maximum atomic E-state index is 13.4. The maximum Gasteiger partial charge on any atom is 0.237 e. The summed E-state index contributed by atoms with van der Waals surface area (Å²) in [6.45, 7) is 4.65. The van der Waals surface area contributed by atoms with Crippen molar-refractivity contribution in [1.82, 2.24) is 9.80 Å². The maximum absolute atomic E-state index is 13.4. The average Bonchev–Trinajstić information content (AvgIpc) is 3.43. The molecule has 7 heteroatoms. The van der Waals surface area contributed by atoms with E-state index in [0.717, 1.165) is 24.5 Å². The summed E-state index contributed by atoms with van der Waals surface area (Å²) in [5.74, 6) is 2.26. The molecular weight excluding hydrogens is 412 g/mol. The molecule has 1 fully saturated rings. The number of hydrogen-bond acceptors (Lipinski definition) is 6. The molecule has 0 radical (unpaired) electrons. The Morgan fingerprint density at radius 2 is 2.13 bits per heavy atom. The van der Waals surface area contributed by atoms with Crippen LogP contribution in [0.3, 0.4) is 0 Å². The van der Waals surface area contributed by atoms with Crippen LogP contribution in [0.5, 0.6) is 11.5 Å². The van der Waals surface area contributed by atoms with E-state index in [1.54, 1.807) is 25.4 Å². The van der Waals surface area contributed by atoms with E-state index in [2.05, 4.69) is 16.3 Å². The summed E-state index contributed by atoms with van der Waals surface area (Å²) in [6.07, 6.45) is 2.89. The van der Waals surface area contributed by atoms with E-state index in [4.69, 9.17) is 9.47 Å². The van der Waals surface area contributed by atoms with Gasteiger partial charge in [-0.05, 0) is 61.2 Å². The summed E-state index contributed by atoms with van der Waals surface area (Å²) in [4.78, 5) is 18.8. The second-order valence-corrected chi connectivity index (χ2v) is 9.63. The zero-order valence-electron chi connectivity index (χ0n) is 18.3. The fourth-order valence-electron chi connectivity index (χ4n) is 4.27. The zero-order chi connectivity index (χ0) is 21.8. The molecule has 1 N–H and O–H groups in total. The number of fused-ring (bicyclic) bond motifs is 1. The van der Waals surface area contributed by atoms with Gasteiger partial charge in [0.25, 0.3) is 0 Å². The van der Waals surface area contributed by atoms with Crippen LogP contribution in [0.1, 0.15) is 36.2 Å². The standard InChI is InChI=1S/C24H32N2O4S/c1-17(27)13-25(14-18-6-7-18)15-24(28)26-10-8-23-21(9-11-31-23)22(26)16-30-20-5-3-4-19(12-20)29-2/h3-5,9,11-12,17-18,22,27H,6-8,10,13-16H2,1-2H3/t17-,22-/m0/s1. The predicted octanol–water partition coefficient (Wildman–Crippen LogP) is 3.35. The molecule has 0 spiro atoms. The summed E-state index contributed by atoms with van der Waals surface area (Å²) in [5, 5.41) is 12.0. The molecule has 1 aromatic heterocycles. The van der Waals surface area contributed by atoms with Crippen molar-refractivity contribution in [3.05, 3.63) is 46.2 Å².